The number of hydrogen-bond acceptors (Lipinski definition) is 4. The number of hydrogen-bond donors (Lipinski definition) is 2. The summed E-state index contributed by atoms with van der Waals surface area (Å²) in [7, 11) is 0. The van der Waals surface area contributed by atoms with Crippen molar-refractivity contribution in [3.8, 4) is 17.6 Å². The van der Waals surface area contributed by atoms with Crippen molar-refractivity contribution in [1.29, 1.82) is 5.26 Å². The number of amides is 2. The molecule has 3 rings (SSSR count). The first kappa shape index (κ1) is 18.0. The highest BCUT2D eigenvalue weighted by Crippen LogP contribution is 2.25. The first-order valence-corrected chi connectivity index (χ1v) is 8.38. The molecule has 1 aromatic heterocycles. The highest BCUT2D eigenvalue weighted by Gasteiger charge is 2.05. The molecule has 0 unspecified atom stereocenters. The first-order valence-electron chi connectivity index (χ1n) is 8.38. The van der Waals surface area contributed by atoms with E-state index in [2.05, 4.69) is 21.7 Å². The average Bonchev–Trinajstić information content (AvgIpc) is 2.68. The molecule has 0 bridgehead atoms. The van der Waals surface area contributed by atoms with Crippen molar-refractivity contribution in [2.24, 2.45) is 0 Å². The van der Waals surface area contributed by atoms with Crippen LogP contribution in [0.15, 0.2) is 66.7 Å². The van der Waals surface area contributed by atoms with E-state index in [-0.39, 0.29) is 6.03 Å². The topological polar surface area (TPSA) is 87.0 Å². The Kier molecular flexibility index (Phi) is 5.65. The molecular formula is C21H18N4O2. The fourth-order valence-corrected chi connectivity index (χ4v) is 2.43. The molecule has 0 spiro atoms. The van der Waals surface area contributed by atoms with E-state index >= 15 is 0 Å². The van der Waals surface area contributed by atoms with Gasteiger partial charge in [0.05, 0.1) is 17.8 Å². The van der Waals surface area contributed by atoms with Crippen molar-refractivity contribution in [2.75, 3.05) is 5.32 Å². The second-order valence-corrected chi connectivity index (χ2v) is 5.81. The molecule has 2 aromatic carbocycles. The fraction of sp³-hybridized carbons (Fsp3) is 0.0952. The summed E-state index contributed by atoms with van der Waals surface area (Å²) in [6.07, 6.45) is 0. The van der Waals surface area contributed by atoms with Crippen LogP contribution in [-0.4, -0.2) is 11.0 Å². The monoisotopic (exact) mass is 358 g/mol. The van der Waals surface area contributed by atoms with Gasteiger partial charge in [-0.2, -0.15) is 5.26 Å². The van der Waals surface area contributed by atoms with Crippen LogP contribution in [0.25, 0.3) is 0 Å². The number of aryl methyl sites for hydroxylation is 1. The number of ether oxygens (including phenoxy) is 1. The number of rotatable bonds is 5. The molecular weight excluding hydrogens is 340 g/mol. The Morgan fingerprint density at radius 3 is 2.59 bits per heavy atom. The number of nitrogens with zero attached hydrogens (tertiary/aromatic N) is 2. The lowest BCUT2D eigenvalue weighted by Crippen LogP contribution is -2.28. The lowest BCUT2D eigenvalue weighted by Gasteiger charge is -2.10. The molecule has 0 aliphatic carbocycles. The van der Waals surface area contributed by atoms with Crippen molar-refractivity contribution in [1.82, 2.24) is 10.3 Å². The lowest BCUT2D eigenvalue weighted by molar-refractivity contribution is 0.251. The van der Waals surface area contributed by atoms with Gasteiger partial charge < -0.3 is 15.4 Å². The summed E-state index contributed by atoms with van der Waals surface area (Å²) in [5.41, 5.74) is 2.79. The van der Waals surface area contributed by atoms with Gasteiger partial charge in [0.1, 0.15) is 17.6 Å². The number of carbonyl (C=O) groups excluding carboxylic acids is 1. The smallest absolute Gasteiger partial charge is 0.319 e. The van der Waals surface area contributed by atoms with Crippen molar-refractivity contribution in [3.63, 3.8) is 0 Å². The average molecular weight is 358 g/mol. The molecule has 2 amide bonds. The van der Waals surface area contributed by atoms with Gasteiger partial charge in [0, 0.05) is 11.4 Å². The zero-order valence-electron chi connectivity index (χ0n) is 14.8. The van der Waals surface area contributed by atoms with E-state index in [0.717, 1.165) is 11.4 Å². The van der Waals surface area contributed by atoms with Gasteiger partial charge in [-0.05, 0) is 55.5 Å². The SMILES string of the molecule is Cc1cccc(CNC(=O)Nc2ccc(Oc3ccccc3C#N)cc2)n1. The van der Waals surface area contributed by atoms with Crippen LogP contribution in [0.5, 0.6) is 11.5 Å². The van der Waals surface area contributed by atoms with Crippen LogP contribution in [0.4, 0.5) is 10.5 Å². The Labute approximate surface area is 157 Å². The molecule has 0 saturated carbocycles. The third-order valence-corrected chi connectivity index (χ3v) is 3.72. The quantitative estimate of drug-likeness (QED) is 0.709. The zero-order valence-corrected chi connectivity index (χ0v) is 14.8. The molecule has 3 aromatic rings. The molecule has 0 aliphatic rings. The van der Waals surface area contributed by atoms with Crippen molar-refractivity contribution >= 4 is 11.7 Å². The number of urea groups is 1. The van der Waals surface area contributed by atoms with E-state index in [0.29, 0.717) is 29.3 Å². The van der Waals surface area contributed by atoms with Gasteiger partial charge in [-0.3, -0.25) is 4.98 Å². The summed E-state index contributed by atoms with van der Waals surface area (Å²) in [6, 6.07) is 21.4. The predicted octanol–water partition coefficient (Wildman–Crippen LogP) is 4.38. The summed E-state index contributed by atoms with van der Waals surface area (Å²) < 4.78 is 5.72. The largest absolute Gasteiger partial charge is 0.456 e. The van der Waals surface area contributed by atoms with Crippen LogP contribution >= 0.6 is 0 Å². The normalized spacial score (nSPS) is 9.93. The molecule has 0 aliphatic heterocycles. The highest BCUT2D eigenvalue weighted by atomic mass is 16.5. The van der Waals surface area contributed by atoms with E-state index < -0.39 is 0 Å². The summed E-state index contributed by atoms with van der Waals surface area (Å²) in [5.74, 6) is 1.07. The minimum atomic E-state index is -0.318. The van der Waals surface area contributed by atoms with Gasteiger partial charge >= 0.3 is 6.03 Å². The summed E-state index contributed by atoms with van der Waals surface area (Å²) >= 11 is 0. The van der Waals surface area contributed by atoms with Crippen molar-refractivity contribution in [2.45, 2.75) is 13.5 Å². The second kappa shape index (κ2) is 8.50. The van der Waals surface area contributed by atoms with E-state index in [1.807, 2.05) is 25.1 Å². The lowest BCUT2D eigenvalue weighted by atomic mass is 10.2. The number of benzene rings is 2. The third-order valence-electron chi connectivity index (χ3n) is 3.72. The Morgan fingerprint density at radius 1 is 1.07 bits per heavy atom. The second-order valence-electron chi connectivity index (χ2n) is 5.81. The molecule has 0 radical (unpaired) electrons. The Morgan fingerprint density at radius 2 is 1.85 bits per heavy atom. The highest BCUT2D eigenvalue weighted by molar-refractivity contribution is 5.89. The van der Waals surface area contributed by atoms with Gasteiger partial charge in [0.15, 0.2) is 0 Å². The molecule has 27 heavy (non-hydrogen) atoms. The zero-order chi connectivity index (χ0) is 19.1. The molecule has 1 heterocycles. The minimum Gasteiger partial charge on any atom is -0.456 e. The minimum absolute atomic E-state index is 0.318. The maximum Gasteiger partial charge on any atom is 0.319 e. The molecule has 6 heteroatoms. The van der Waals surface area contributed by atoms with E-state index in [1.54, 1.807) is 48.5 Å². The predicted molar refractivity (Wildman–Crippen MR) is 103 cm³/mol. The molecule has 134 valence electrons. The number of anilines is 1. The maximum atomic E-state index is 12.0. The summed E-state index contributed by atoms with van der Waals surface area (Å²) in [6.45, 7) is 2.25. The first-order chi connectivity index (χ1) is 13.1. The van der Waals surface area contributed by atoms with Crippen LogP contribution in [0, 0.1) is 18.3 Å². The van der Waals surface area contributed by atoms with Crippen LogP contribution < -0.4 is 15.4 Å². The number of nitriles is 1. The van der Waals surface area contributed by atoms with Crippen LogP contribution in [0.3, 0.4) is 0 Å². The standard InChI is InChI=1S/C21H18N4O2/c1-15-5-4-7-18(24-15)14-23-21(26)25-17-9-11-19(12-10-17)27-20-8-3-2-6-16(20)13-22/h2-12H,14H2,1H3,(H2,23,25,26). The molecule has 0 saturated heterocycles. The number of para-hydroxylation sites is 1. The summed E-state index contributed by atoms with van der Waals surface area (Å²) in [5, 5.41) is 14.6. The van der Waals surface area contributed by atoms with E-state index in [4.69, 9.17) is 10.00 Å². The van der Waals surface area contributed by atoms with Crippen molar-refractivity contribution < 1.29 is 9.53 Å². The van der Waals surface area contributed by atoms with Crippen molar-refractivity contribution in [3.05, 3.63) is 83.7 Å². The maximum absolute atomic E-state index is 12.0. The Balaban J connectivity index is 1.55. The molecule has 0 fully saturated rings. The van der Waals surface area contributed by atoms with Gasteiger partial charge in [0.25, 0.3) is 0 Å². The van der Waals surface area contributed by atoms with Gasteiger partial charge in [-0.1, -0.05) is 18.2 Å². The third kappa shape index (κ3) is 5.06. The van der Waals surface area contributed by atoms with Gasteiger partial charge in [0.2, 0.25) is 0 Å². The number of pyridine rings is 1. The number of nitrogens with one attached hydrogen (secondary N) is 2. The van der Waals surface area contributed by atoms with Crippen LogP contribution in [-0.2, 0) is 6.54 Å². The summed E-state index contributed by atoms with van der Waals surface area (Å²) in [4.78, 5) is 16.3. The Bertz CT molecular complexity index is 978. The number of carbonyl (C=O) groups is 1. The Hall–Kier alpha value is -3.85. The fourth-order valence-electron chi connectivity index (χ4n) is 2.43. The van der Waals surface area contributed by atoms with Crippen LogP contribution in [0.2, 0.25) is 0 Å². The van der Waals surface area contributed by atoms with E-state index in [9.17, 15) is 4.79 Å². The molecule has 6 nitrogen and oxygen atoms in total. The van der Waals surface area contributed by atoms with Gasteiger partial charge in [-0.15, -0.1) is 0 Å². The van der Waals surface area contributed by atoms with Gasteiger partial charge in [-0.25, -0.2) is 4.79 Å². The number of aromatic nitrogens is 1. The van der Waals surface area contributed by atoms with Crippen LogP contribution in [0.1, 0.15) is 17.0 Å². The molecule has 2 N–H and O–H groups in total. The van der Waals surface area contributed by atoms with E-state index in [1.165, 1.54) is 0 Å². The molecule has 0 atom stereocenters.